The van der Waals surface area contributed by atoms with Crippen LogP contribution in [0.25, 0.3) is 11.0 Å². The van der Waals surface area contributed by atoms with E-state index >= 15 is 0 Å². The van der Waals surface area contributed by atoms with Crippen molar-refractivity contribution in [1.82, 2.24) is 20.6 Å². The molecule has 96 valence electrons. The van der Waals surface area contributed by atoms with Crippen molar-refractivity contribution in [3.8, 4) is 0 Å². The van der Waals surface area contributed by atoms with E-state index in [9.17, 15) is 4.79 Å². The molecule has 18 heavy (non-hydrogen) atoms. The molecule has 3 N–H and O–H groups in total. The Balaban J connectivity index is 1.77. The van der Waals surface area contributed by atoms with Gasteiger partial charge in [-0.15, -0.1) is 0 Å². The molecule has 5 nitrogen and oxygen atoms in total. The topological polar surface area (TPSA) is 69.8 Å². The number of amides is 1. The van der Waals surface area contributed by atoms with Gasteiger partial charge in [0, 0.05) is 6.54 Å². The van der Waals surface area contributed by atoms with Gasteiger partial charge in [-0.25, -0.2) is 4.98 Å². The Labute approximate surface area is 106 Å². The molecule has 0 atom stereocenters. The standard InChI is InChI=1S/C13H18N4O/c1-14-8-13(18)15-6-2-3-10-4-5-11-12(7-10)17-9-16-11/h4-5,7,9,14H,2-3,6,8H2,1H3,(H,15,18)(H,16,17). The molecule has 0 saturated heterocycles. The molecular weight excluding hydrogens is 228 g/mol. The smallest absolute Gasteiger partial charge is 0.233 e. The van der Waals surface area contributed by atoms with E-state index in [4.69, 9.17) is 0 Å². The van der Waals surface area contributed by atoms with Gasteiger partial charge in [-0.1, -0.05) is 6.07 Å². The third kappa shape index (κ3) is 3.30. The van der Waals surface area contributed by atoms with Gasteiger partial charge in [0.25, 0.3) is 0 Å². The fraction of sp³-hybridized carbons (Fsp3) is 0.385. The summed E-state index contributed by atoms with van der Waals surface area (Å²) >= 11 is 0. The zero-order valence-corrected chi connectivity index (χ0v) is 10.5. The number of carbonyl (C=O) groups excluding carboxylic acids is 1. The van der Waals surface area contributed by atoms with E-state index in [1.807, 2.05) is 6.07 Å². The molecule has 2 rings (SSSR count). The molecule has 1 heterocycles. The van der Waals surface area contributed by atoms with Crippen LogP contribution in [-0.4, -0.2) is 36.0 Å². The molecule has 0 aliphatic rings. The Bertz CT molecular complexity index is 520. The van der Waals surface area contributed by atoms with Crippen molar-refractivity contribution in [2.45, 2.75) is 12.8 Å². The van der Waals surface area contributed by atoms with Gasteiger partial charge < -0.3 is 15.6 Å². The Morgan fingerprint density at radius 3 is 3.17 bits per heavy atom. The second kappa shape index (κ2) is 6.16. The SMILES string of the molecule is CNCC(=O)NCCCc1ccc2nc[nH]c2c1. The first-order chi connectivity index (χ1) is 8.79. The van der Waals surface area contributed by atoms with E-state index in [2.05, 4.69) is 32.7 Å². The van der Waals surface area contributed by atoms with Crippen LogP contribution in [0.3, 0.4) is 0 Å². The van der Waals surface area contributed by atoms with E-state index in [0.717, 1.165) is 23.9 Å². The molecule has 0 aliphatic carbocycles. The molecule has 1 aromatic heterocycles. The van der Waals surface area contributed by atoms with Crippen LogP contribution in [0.5, 0.6) is 0 Å². The average Bonchev–Trinajstić information content (AvgIpc) is 2.82. The van der Waals surface area contributed by atoms with Gasteiger partial charge in [-0.05, 0) is 37.6 Å². The first kappa shape index (κ1) is 12.6. The van der Waals surface area contributed by atoms with Gasteiger partial charge in [0.15, 0.2) is 0 Å². The molecule has 0 aliphatic heterocycles. The lowest BCUT2D eigenvalue weighted by Gasteiger charge is -2.05. The van der Waals surface area contributed by atoms with Crippen molar-refractivity contribution in [3.05, 3.63) is 30.1 Å². The number of aryl methyl sites for hydroxylation is 1. The lowest BCUT2D eigenvalue weighted by atomic mass is 10.1. The number of aromatic nitrogens is 2. The van der Waals surface area contributed by atoms with Crippen molar-refractivity contribution in [3.63, 3.8) is 0 Å². The molecule has 1 aromatic carbocycles. The van der Waals surface area contributed by atoms with Gasteiger partial charge in [-0.2, -0.15) is 0 Å². The number of likely N-dealkylation sites (N-methyl/N-ethyl adjacent to an activating group) is 1. The molecule has 0 fully saturated rings. The quantitative estimate of drug-likeness (QED) is 0.661. The predicted molar refractivity (Wildman–Crippen MR) is 71.4 cm³/mol. The van der Waals surface area contributed by atoms with Gasteiger partial charge in [-0.3, -0.25) is 4.79 Å². The summed E-state index contributed by atoms with van der Waals surface area (Å²) in [7, 11) is 1.76. The van der Waals surface area contributed by atoms with Gasteiger partial charge >= 0.3 is 0 Å². The van der Waals surface area contributed by atoms with Crippen LogP contribution < -0.4 is 10.6 Å². The van der Waals surface area contributed by atoms with Crippen LogP contribution in [0.1, 0.15) is 12.0 Å². The van der Waals surface area contributed by atoms with Crippen LogP contribution >= 0.6 is 0 Å². The summed E-state index contributed by atoms with van der Waals surface area (Å²) in [5.41, 5.74) is 3.31. The fourth-order valence-electron chi connectivity index (χ4n) is 1.88. The summed E-state index contributed by atoms with van der Waals surface area (Å²) in [6, 6.07) is 6.21. The highest BCUT2D eigenvalue weighted by atomic mass is 16.1. The van der Waals surface area contributed by atoms with Crippen LogP contribution in [-0.2, 0) is 11.2 Å². The molecule has 5 heteroatoms. The monoisotopic (exact) mass is 246 g/mol. The number of hydrogen-bond donors (Lipinski definition) is 3. The zero-order chi connectivity index (χ0) is 12.8. The number of nitrogens with zero attached hydrogens (tertiary/aromatic N) is 1. The predicted octanol–water partition coefficient (Wildman–Crippen LogP) is 0.831. The molecule has 0 unspecified atom stereocenters. The van der Waals surface area contributed by atoms with E-state index in [0.29, 0.717) is 13.1 Å². The summed E-state index contributed by atoms with van der Waals surface area (Å²) < 4.78 is 0. The van der Waals surface area contributed by atoms with Crippen LogP contribution in [0.2, 0.25) is 0 Å². The van der Waals surface area contributed by atoms with Crippen LogP contribution in [0.15, 0.2) is 24.5 Å². The number of hydrogen-bond acceptors (Lipinski definition) is 3. The highest BCUT2D eigenvalue weighted by Gasteiger charge is 2.00. The molecule has 0 saturated carbocycles. The highest BCUT2D eigenvalue weighted by Crippen LogP contribution is 2.12. The van der Waals surface area contributed by atoms with E-state index < -0.39 is 0 Å². The number of fused-ring (bicyclic) bond motifs is 1. The maximum Gasteiger partial charge on any atom is 0.233 e. The Morgan fingerprint density at radius 1 is 1.44 bits per heavy atom. The first-order valence-corrected chi connectivity index (χ1v) is 6.13. The van der Waals surface area contributed by atoms with Crippen molar-refractivity contribution in [2.24, 2.45) is 0 Å². The minimum Gasteiger partial charge on any atom is -0.355 e. The molecule has 1 amide bonds. The summed E-state index contributed by atoms with van der Waals surface area (Å²) in [4.78, 5) is 18.5. The third-order valence-electron chi connectivity index (χ3n) is 2.79. The number of aromatic amines is 1. The minimum absolute atomic E-state index is 0.0431. The Hall–Kier alpha value is -1.88. The van der Waals surface area contributed by atoms with E-state index in [-0.39, 0.29) is 5.91 Å². The Morgan fingerprint density at radius 2 is 2.33 bits per heavy atom. The molecular formula is C13H18N4O. The number of carbonyl (C=O) groups is 1. The first-order valence-electron chi connectivity index (χ1n) is 6.13. The maximum atomic E-state index is 11.2. The number of rotatable bonds is 6. The minimum atomic E-state index is 0.0431. The second-order valence-electron chi connectivity index (χ2n) is 4.24. The van der Waals surface area contributed by atoms with Crippen molar-refractivity contribution in [2.75, 3.05) is 20.1 Å². The number of H-pyrrole nitrogens is 1. The van der Waals surface area contributed by atoms with Gasteiger partial charge in [0.05, 0.1) is 23.9 Å². The van der Waals surface area contributed by atoms with Crippen molar-refractivity contribution in [1.29, 1.82) is 0 Å². The van der Waals surface area contributed by atoms with E-state index in [1.54, 1.807) is 13.4 Å². The van der Waals surface area contributed by atoms with Crippen LogP contribution in [0.4, 0.5) is 0 Å². The van der Waals surface area contributed by atoms with Gasteiger partial charge in [0.1, 0.15) is 0 Å². The van der Waals surface area contributed by atoms with Gasteiger partial charge in [0.2, 0.25) is 5.91 Å². The van der Waals surface area contributed by atoms with Crippen molar-refractivity contribution < 1.29 is 4.79 Å². The molecule has 0 spiro atoms. The van der Waals surface area contributed by atoms with Crippen molar-refractivity contribution >= 4 is 16.9 Å². The summed E-state index contributed by atoms with van der Waals surface area (Å²) in [6.45, 7) is 1.08. The third-order valence-corrected chi connectivity index (χ3v) is 2.79. The molecule has 2 aromatic rings. The lowest BCUT2D eigenvalue weighted by molar-refractivity contribution is -0.120. The number of nitrogens with one attached hydrogen (secondary N) is 3. The normalized spacial score (nSPS) is 10.7. The molecule has 0 bridgehead atoms. The number of imidazole rings is 1. The zero-order valence-electron chi connectivity index (χ0n) is 10.5. The summed E-state index contributed by atoms with van der Waals surface area (Å²) in [5.74, 6) is 0.0431. The highest BCUT2D eigenvalue weighted by molar-refractivity contribution is 5.77. The van der Waals surface area contributed by atoms with Crippen LogP contribution in [0, 0.1) is 0 Å². The second-order valence-corrected chi connectivity index (χ2v) is 4.24. The largest absolute Gasteiger partial charge is 0.355 e. The fourth-order valence-corrected chi connectivity index (χ4v) is 1.88. The lowest BCUT2D eigenvalue weighted by Crippen LogP contribution is -2.32. The summed E-state index contributed by atoms with van der Waals surface area (Å²) in [5, 5.41) is 5.68. The van der Waals surface area contributed by atoms with E-state index in [1.165, 1.54) is 5.56 Å². The number of benzene rings is 1. The summed E-state index contributed by atoms with van der Waals surface area (Å²) in [6.07, 6.45) is 3.59. The maximum absolute atomic E-state index is 11.2. The average molecular weight is 246 g/mol. The molecule has 0 radical (unpaired) electrons. The Kier molecular flexibility index (Phi) is 4.30.